The van der Waals surface area contributed by atoms with Crippen LogP contribution in [0.15, 0.2) is 48.5 Å². The van der Waals surface area contributed by atoms with Crippen LogP contribution in [0.5, 0.6) is 0 Å². The van der Waals surface area contributed by atoms with Gasteiger partial charge in [0.1, 0.15) is 5.82 Å². The molecule has 0 bridgehead atoms. The Morgan fingerprint density at radius 1 is 0.938 bits per heavy atom. The van der Waals surface area contributed by atoms with Crippen molar-refractivity contribution in [1.29, 1.82) is 0 Å². The van der Waals surface area contributed by atoms with Crippen LogP contribution in [0.4, 0.5) is 0 Å². The Hall–Kier alpha value is -2.33. The molecule has 1 atom stereocenters. The third kappa shape index (κ3) is 6.59. The lowest BCUT2D eigenvalue weighted by Gasteiger charge is -2.17. The van der Waals surface area contributed by atoms with Crippen LogP contribution in [-0.2, 0) is 6.54 Å². The Morgan fingerprint density at radius 3 is 2.28 bits per heavy atom. The van der Waals surface area contributed by atoms with Gasteiger partial charge in [0, 0.05) is 6.54 Å². The van der Waals surface area contributed by atoms with E-state index in [2.05, 4.69) is 22.9 Å². The molecule has 1 N–H and O–H groups in total. The van der Waals surface area contributed by atoms with E-state index in [9.17, 15) is 4.79 Å². The second kappa shape index (κ2) is 12.6. The van der Waals surface area contributed by atoms with Gasteiger partial charge in [0.2, 0.25) is 0 Å². The van der Waals surface area contributed by atoms with E-state index in [0.29, 0.717) is 10.6 Å². The first-order valence-corrected chi connectivity index (χ1v) is 12.5. The quantitative estimate of drug-likeness (QED) is 0.269. The summed E-state index contributed by atoms with van der Waals surface area (Å²) in [6, 6.07) is 15.1. The number of nitrogens with one attached hydrogen (secondary N) is 1. The largest absolute Gasteiger partial charge is 0.342 e. The maximum absolute atomic E-state index is 12.8. The van der Waals surface area contributed by atoms with Crippen LogP contribution in [0.3, 0.4) is 0 Å². The minimum Gasteiger partial charge on any atom is -0.342 e. The number of carbonyl (C=O) groups is 1. The summed E-state index contributed by atoms with van der Waals surface area (Å²) in [5.74, 6) is 0.718. The first-order chi connectivity index (χ1) is 15.6. The van der Waals surface area contributed by atoms with Crippen LogP contribution in [-0.4, -0.2) is 15.5 Å². The fourth-order valence-corrected chi connectivity index (χ4v) is 4.45. The van der Waals surface area contributed by atoms with Gasteiger partial charge in [0.25, 0.3) is 5.91 Å². The molecule has 1 aromatic heterocycles. The summed E-state index contributed by atoms with van der Waals surface area (Å²) in [5, 5.41) is 3.54. The number of nitrogens with zero attached hydrogens (tertiary/aromatic N) is 2. The fraction of sp³-hybridized carbons (Fsp3) is 0.481. The molecular weight excluding hydrogens is 418 g/mol. The summed E-state index contributed by atoms with van der Waals surface area (Å²) in [6.07, 6.45) is 11.7. The molecule has 0 aliphatic carbocycles. The van der Waals surface area contributed by atoms with Crippen molar-refractivity contribution in [3.05, 3.63) is 64.9 Å². The van der Waals surface area contributed by atoms with Gasteiger partial charge in [-0.3, -0.25) is 4.79 Å². The molecule has 0 aliphatic rings. The molecule has 1 heterocycles. The smallest absolute Gasteiger partial charge is 0.253 e. The molecule has 0 fully saturated rings. The Labute approximate surface area is 197 Å². The third-order valence-electron chi connectivity index (χ3n) is 6.02. The Morgan fingerprint density at radius 2 is 1.56 bits per heavy atom. The number of unbranched alkanes of at least 4 members (excludes halogenated alkanes) is 8. The number of benzene rings is 2. The molecule has 3 aromatic rings. The first-order valence-electron chi connectivity index (χ1n) is 12.1. The predicted molar refractivity (Wildman–Crippen MR) is 134 cm³/mol. The highest BCUT2D eigenvalue weighted by Crippen LogP contribution is 2.23. The number of halogens is 1. The van der Waals surface area contributed by atoms with Gasteiger partial charge in [-0.2, -0.15) is 0 Å². The van der Waals surface area contributed by atoms with E-state index in [4.69, 9.17) is 16.6 Å². The summed E-state index contributed by atoms with van der Waals surface area (Å²) in [7, 11) is 0. The second-order valence-corrected chi connectivity index (χ2v) is 9.02. The maximum atomic E-state index is 12.8. The summed E-state index contributed by atoms with van der Waals surface area (Å²) in [6.45, 7) is 5.16. The molecule has 32 heavy (non-hydrogen) atoms. The van der Waals surface area contributed by atoms with Gasteiger partial charge < -0.3 is 9.88 Å². The van der Waals surface area contributed by atoms with Crippen LogP contribution >= 0.6 is 11.6 Å². The molecule has 4 nitrogen and oxygen atoms in total. The van der Waals surface area contributed by atoms with Crippen molar-refractivity contribution in [1.82, 2.24) is 14.9 Å². The molecule has 0 aliphatic heterocycles. The van der Waals surface area contributed by atoms with Gasteiger partial charge in [-0.25, -0.2) is 4.98 Å². The molecule has 0 saturated carbocycles. The molecule has 2 aromatic carbocycles. The fourth-order valence-electron chi connectivity index (χ4n) is 4.22. The van der Waals surface area contributed by atoms with E-state index in [0.717, 1.165) is 29.8 Å². The Bertz CT molecular complexity index is 997. The normalized spacial score (nSPS) is 12.2. The van der Waals surface area contributed by atoms with E-state index in [1.54, 1.807) is 12.1 Å². The number of amides is 1. The van der Waals surface area contributed by atoms with E-state index in [1.807, 2.05) is 37.3 Å². The van der Waals surface area contributed by atoms with Crippen molar-refractivity contribution in [3.63, 3.8) is 0 Å². The van der Waals surface area contributed by atoms with E-state index >= 15 is 0 Å². The average molecular weight is 454 g/mol. The van der Waals surface area contributed by atoms with Gasteiger partial charge in [0.15, 0.2) is 0 Å². The lowest BCUT2D eigenvalue weighted by molar-refractivity contribution is 0.0938. The minimum absolute atomic E-state index is 0.176. The van der Waals surface area contributed by atoms with Crippen molar-refractivity contribution in [2.45, 2.75) is 84.2 Å². The van der Waals surface area contributed by atoms with Crippen molar-refractivity contribution in [2.75, 3.05) is 0 Å². The Balaban J connectivity index is 1.61. The highest BCUT2D eigenvalue weighted by Gasteiger charge is 2.19. The van der Waals surface area contributed by atoms with E-state index in [1.165, 1.54) is 51.4 Å². The molecule has 3 rings (SSSR count). The molecule has 0 saturated heterocycles. The van der Waals surface area contributed by atoms with Crippen molar-refractivity contribution in [3.8, 4) is 0 Å². The first kappa shape index (κ1) is 24.3. The van der Waals surface area contributed by atoms with Gasteiger partial charge in [-0.15, -0.1) is 0 Å². The van der Waals surface area contributed by atoms with Gasteiger partial charge in [0.05, 0.1) is 27.7 Å². The highest BCUT2D eigenvalue weighted by molar-refractivity contribution is 6.33. The highest BCUT2D eigenvalue weighted by atomic mass is 35.5. The van der Waals surface area contributed by atoms with Crippen LogP contribution in [0.1, 0.15) is 93.9 Å². The topological polar surface area (TPSA) is 46.9 Å². The Kier molecular flexibility index (Phi) is 9.61. The predicted octanol–water partition coefficient (Wildman–Crippen LogP) is 7.71. The monoisotopic (exact) mass is 453 g/mol. The maximum Gasteiger partial charge on any atom is 0.253 e. The van der Waals surface area contributed by atoms with Crippen LogP contribution in [0.2, 0.25) is 5.02 Å². The number of hydrogen-bond donors (Lipinski definition) is 1. The number of aryl methyl sites for hydroxylation is 1. The van der Waals surface area contributed by atoms with Crippen molar-refractivity contribution in [2.24, 2.45) is 0 Å². The van der Waals surface area contributed by atoms with E-state index < -0.39 is 0 Å². The zero-order chi connectivity index (χ0) is 22.8. The summed E-state index contributed by atoms with van der Waals surface area (Å²) < 4.78 is 2.27. The van der Waals surface area contributed by atoms with Crippen LogP contribution in [0, 0.1) is 0 Å². The van der Waals surface area contributed by atoms with Gasteiger partial charge >= 0.3 is 0 Å². The standard InChI is InChI=1S/C27H36ClN3O/c1-3-4-5-6-7-8-9-10-15-20-31-25-19-14-13-18-24(25)30-26(31)21(2)29-27(32)22-16-11-12-17-23(22)28/h11-14,16-19,21H,3-10,15,20H2,1-2H3,(H,29,32). The van der Waals surface area contributed by atoms with Gasteiger partial charge in [-0.05, 0) is 37.6 Å². The zero-order valence-corrected chi connectivity index (χ0v) is 20.2. The SMILES string of the molecule is CCCCCCCCCCCn1c(C(C)NC(=O)c2ccccc2Cl)nc2ccccc21. The lowest BCUT2D eigenvalue weighted by Crippen LogP contribution is -2.29. The number of aromatic nitrogens is 2. The van der Waals surface area contributed by atoms with Crippen molar-refractivity contribution >= 4 is 28.5 Å². The molecule has 172 valence electrons. The molecule has 5 heteroatoms. The average Bonchev–Trinajstić information content (AvgIpc) is 3.17. The summed E-state index contributed by atoms with van der Waals surface area (Å²) >= 11 is 6.21. The molecule has 1 amide bonds. The van der Waals surface area contributed by atoms with Gasteiger partial charge in [-0.1, -0.05) is 94.2 Å². The summed E-state index contributed by atoms with van der Waals surface area (Å²) in [4.78, 5) is 17.6. The van der Waals surface area contributed by atoms with Crippen molar-refractivity contribution < 1.29 is 4.79 Å². The number of para-hydroxylation sites is 2. The molecule has 0 spiro atoms. The second-order valence-electron chi connectivity index (χ2n) is 8.61. The number of carbonyl (C=O) groups excluding carboxylic acids is 1. The summed E-state index contributed by atoms with van der Waals surface area (Å²) in [5.41, 5.74) is 2.58. The van der Waals surface area contributed by atoms with Crippen LogP contribution in [0.25, 0.3) is 11.0 Å². The zero-order valence-electron chi connectivity index (χ0n) is 19.4. The molecular formula is C27H36ClN3O. The van der Waals surface area contributed by atoms with Crippen LogP contribution < -0.4 is 5.32 Å². The lowest BCUT2D eigenvalue weighted by atomic mass is 10.1. The number of imidazole rings is 1. The number of rotatable bonds is 13. The molecule has 1 unspecified atom stereocenters. The minimum atomic E-state index is -0.218. The molecule has 0 radical (unpaired) electrons. The van der Waals surface area contributed by atoms with E-state index in [-0.39, 0.29) is 11.9 Å². The number of hydrogen-bond acceptors (Lipinski definition) is 2. The number of fused-ring (bicyclic) bond motifs is 1. The third-order valence-corrected chi connectivity index (χ3v) is 6.35.